The predicted molar refractivity (Wildman–Crippen MR) is 138 cm³/mol. The first-order valence-corrected chi connectivity index (χ1v) is 13.0. The van der Waals surface area contributed by atoms with Gasteiger partial charge in [0.2, 0.25) is 0 Å². The van der Waals surface area contributed by atoms with Gasteiger partial charge in [-0.1, -0.05) is 37.2 Å². The van der Waals surface area contributed by atoms with E-state index >= 15 is 0 Å². The summed E-state index contributed by atoms with van der Waals surface area (Å²) in [6.07, 6.45) is -1.45. The van der Waals surface area contributed by atoms with Crippen molar-refractivity contribution in [1.29, 1.82) is 0 Å². The molecular weight excluding hydrogens is 501 g/mol. The van der Waals surface area contributed by atoms with Crippen LogP contribution in [0.2, 0.25) is 0 Å². The number of rotatable bonds is 12. The Morgan fingerprint density at radius 2 is 1.57 bits per heavy atom. The average molecular weight is 533 g/mol. The summed E-state index contributed by atoms with van der Waals surface area (Å²) in [6, 6.07) is 16.8. The third-order valence-electron chi connectivity index (χ3n) is 5.54. The van der Waals surface area contributed by atoms with Crippen LogP contribution in [0.4, 0.5) is 13.2 Å². The van der Waals surface area contributed by atoms with Crippen molar-refractivity contribution in [2.75, 3.05) is 13.2 Å². The van der Waals surface area contributed by atoms with E-state index in [1.165, 1.54) is 12.1 Å². The summed E-state index contributed by atoms with van der Waals surface area (Å²) < 4.78 is 54.8. The van der Waals surface area contributed by atoms with Crippen molar-refractivity contribution in [1.82, 2.24) is 0 Å². The van der Waals surface area contributed by atoms with Gasteiger partial charge < -0.3 is 14.2 Å². The molecule has 0 aromatic heterocycles. The minimum atomic E-state index is -4.35. The molecule has 0 saturated carbocycles. The van der Waals surface area contributed by atoms with E-state index in [4.69, 9.17) is 14.2 Å². The fraction of sp³-hybridized carbons (Fsp3) is 0.345. The Morgan fingerprint density at radius 3 is 2.19 bits per heavy atom. The normalized spacial score (nSPS) is 11.3. The molecule has 3 aromatic rings. The lowest BCUT2D eigenvalue weighted by molar-refractivity contribution is -0.145. The second-order valence-electron chi connectivity index (χ2n) is 8.48. The van der Waals surface area contributed by atoms with Crippen LogP contribution in [0.5, 0.6) is 11.5 Å². The van der Waals surface area contributed by atoms with Crippen molar-refractivity contribution in [3.05, 3.63) is 82.9 Å². The fourth-order valence-corrected chi connectivity index (χ4v) is 4.58. The molecule has 0 N–H and O–H groups in total. The molecule has 0 saturated heterocycles. The van der Waals surface area contributed by atoms with Gasteiger partial charge in [0.1, 0.15) is 18.1 Å². The third kappa shape index (κ3) is 8.74. The topological polar surface area (TPSA) is 44.8 Å². The Kier molecular flexibility index (Phi) is 10.3. The smallest absolute Gasteiger partial charge is 0.416 e. The number of benzene rings is 3. The Balaban J connectivity index is 1.65. The van der Waals surface area contributed by atoms with Gasteiger partial charge in [-0.2, -0.15) is 13.2 Å². The van der Waals surface area contributed by atoms with Crippen LogP contribution >= 0.6 is 11.8 Å². The lowest BCUT2D eigenvalue weighted by Crippen LogP contribution is -2.15. The lowest BCUT2D eigenvalue weighted by atomic mass is 10.1. The average Bonchev–Trinajstić information content (AvgIpc) is 2.86. The molecule has 0 aliphatic carbocycles. The molecule has 3 aromatic carbocycles. The van der Waals surface area contributed by atoms with E-state index in [0.29, 0.717) is 23.7 Å². The minimum absolute atomic E-state index is 0.118. The fourth-order valence-electron chi connectivity index (χ4n) is 3.60. The van der Waals surface area contributed by atoms with Crippen LogP contribution in [0.15, 0.2) is 70.5 Å². The van der Waals surface area contributed by atoms with E-state index < -0.39 is 17.7 Å². The number of halogens is 3. The largest absolute Gasteiger partial charge is 0.489 e. The highest BCUT2D eigenvalue weighted by Crippen LogP contribution is 2.35. The van der Waals surface area contributed by atoms with E-state index in [1.807, 2.05) is 37.3 Å². The van der Waals surface area contributed by atoms with Crippen LogP contribution in [-0.4, -0.2) is 19.2 Å². The molecule has 8 heteroatoms. The summed E-state index contributed by atoms with van der Waals surface area (Å²) in [7, 11) is 0. The van der Waals surface area contributed by atoms with Crippen molar-refractivity contribution in [2.45, 2.75) is 62.6 Å². The SMILES string of the molecule is CCCCc1cc(Sc2ccc(OCc3ccc(C(F)(F)F)cc3)c(C)c2)ccc1OCC(=O)OCC. The highest BCUT2D eigenvalue weighted by Gasteiger charge is 2.29. The number of esters is 1. The van der Waals surface area contributed by atoms with Crippen LogP contribution in [0.3, 0.4) is 0 Å². The first kappa shape index (κ1) is 28.4. The first-order valence-electron chi connectivity index (χ1n) is 12.2. The predicted octanol–water partition coefficient (Wildman–Crippen LogP) is 8.03. The van der Waals surface area contributed by atoms with Crippen molar-refractivity contribution >= 4 is 17.7 Å². The quantitative estimate of drug-likeness (QED) is 0.221. The van der Waals surface area contributed by atoms with Gasteiger partial charge >= 0.3 is 12.1 Å². The zero-order valence-electron chi connectivity index (χ0n) is 21.2. The van der Waals surface area contributed by atoms with Gasteiger partial charge in [-0.3, -0.25) is 0 Å². The summed E-state index contributed by atoms with van der Waals surface area (Å²) in [6.45, 7) is 6.20. The maximum Gasteiger partial charge on any atom is 0.416 e. The van der Waals surface area contributed by atoms with Gasteiger partial charge in [0, 0.05) is 9.79 Å². The number of ether oxygens (including phenoxy) is 3. The molecule has 3 rings (SSSR count). The second-order valence-corrected chi connectivity index (χ2v) is 9.63. The molecule has 0 bridgehead atoms. The molecule has 0 aliphatic heterocycles. The molecule has 37 heavy (non-hydrogen) atoms. The van der Waals surface area contributed by atoms with Crippen LogP contribution in [0.25, 0.3) is 0 Å². The maximum absolute atomic E-state index is 12.7. The molecule has 0 amide bonds. The third-order valence-corrected chi connectivity index (χ3v) is 6.52. The van der Waals surface area contributed by atoms with E-state index in [2.05, 4.69) is 13.0 Å². The second kappa shape index (κ2) is 13.4. The zero-order chi connectivity index (χ0) is 26.8. The van der Waals surface area contributed by atoms with E-state index in [0.717, 1.165) is 52.3 Å². The van der Waals surface area contributed by atoms with Gasteiger partial charge in [-0.15, -0.1) is 0 Å². The van der Waals surface area contributed by atoms with Crippen molar-refractivity contribution in [2.24, 2.45) is 0 Å². The number of hydrogen-bond acceptors (Lipinski definition) is 5. The Labute approximate surface area is 220 Å². The van der Waals surface area contributed by atoms with Crippen LogP contribution in [-0.2, 0) is 28.7 Å². The molecular formula is C29H31F3O4S. The van der Waals surface area contributed by atoms with Crippen LogP contribution < -0.4 is 9.47 Å². The summed E-state index contributed by atoms with van der Waals surface area (Å²) in [5.41, 5.74) is 1.96. The van der Waals surface area contributed by atoms with Crippen molar-refractivity contribution in [3.8, 4) is 11.5 Å². The summed E-state index contributed by atoms with van der Waals surface area (Å²) in [5.74, 6) is 0.975. The number of hydrogen-bond donors (Lipinski definition) is 0. The van der Waals surface area contributed by atoms with Gasteiger partial charge in [0.25, 0.3) is 0 Å². The summed E-state index contributed by atoms with van der Waals surface area (Å²) >= 11 is 1.61. The molecule has 0 atom stereocenters. The number of carbonyl (C=O) groups is 1. The maximum atomic E-state index is 12.7. The first-order chi connectivity index (χ1) is 17.7. The zero-order valence-corrected chi connectivity index (χ0v) is 22.0. The van der Waals surface area contributed by atoms with Gasteiger partial charge in [-0.25, -0.2) is 4.79 Å². The monoisotopic (exact) mass is 532 g/mol. The van der Waals surface area contributed by atoms with Crippen LogP contribution in [0, 0.1) is 6.92 Å². The molecule has 198 valence electrons. The van der Waals surface area contributed by atoms with Crippen molar-refractivity contribution in [3.63, 3.8) is 0 Å². The van der Waals surface area contributed by atoms with E-state index in [1.54, 1.807) is 18.7 Å². The molecule has 0 aliphatic rings. The Hall–Kier alpha value is -3.13. The summed E-state index contributed by atoms with van der Waals surface area (Å²) in [5, 5.41) is 0. The lowest BCUT2D eigenvalue weighted by Gasteiger charge is -2.14. The number of alkyl halides is 3. The highest BCUT2D eigenvalue weighted by atomic mass is 32.2. The van der Waals surface area contributed by atoms with Gasteiger partial charge in [0.15, 0.2) is 6.61 Å². The molecule has 0 radical (unpaired) electrons. The standard InChI is InChI=1S/C29H31F3O4S/c1-4-6-7-22-17-25(13-15-27(22)36-19-28(33)34-5-2)37-24-12-14-26(20(3)16-24)35-18-21-8-10-23(11-9-21)29(30,31)32/h8-17H,4-7,18-19H2,1-3H3. The van der Waals surface area contributed by atoms with Gasteiger partial charge in [0.05, 0.1) is 12.2 Å². The molecule has 0 heterocycles. The molecule has 4 nitrogen and oxygen atoms in total. The highest BCUT2D eigenvalue weighted by molar-refractivity contribution is 7.99. The van der Waals surface area contributed by atoms with E-state index in [-0.39, 0.29) is 13.2 Å². The van der Waals surface area contributed by atoms with E-state index in [9.17, 15) is 18.0 Å². The Morgan fingerprint density at radius 1 is 0.892 bits per heavy atom. The van der Waals surface area contributed by atoms with Crippen molar-refractivity contribution < 1.29 is 32.2 Å². The number of unbranched alkanes of at least 4 members (excludes halogenated alkanes) is 1. The summed E-state index contributed by atoms with van der Waals surface area (Å²) in [4.78, 5) is 13.8. The molecule has 0 spiro atoms. The molecule has 0 fully saturated rings. The van der Waals surface area contributed by atoms with Gasteiger partial charge in [-0.05, 0) is 91.9 Å². The number of carbonyl (C=O) groups excluding carboxylic acids is 1. The molecule has 0 unspecified atom stereocenters. The Bertz CT molecular complexity index is 1180. The van der Waals surface area contributed by atoms with Crippen LogP contribution in [0.1, 0.15) is 48.9 Å². The minimum Gasteiger partial charge on any atom is -0.489 e. The number of aryl methyl sites for hydroxylation is 2.